The van der Waals surface area contributed by atoms with E-state index in [-0.39, 0.29) is 28.4 Å². The van der Waals surface area contributed by atoms with E-state index in [1.165, 1.54) is 36.2 Å². The molecule has 3 rings (SSSR count). The molecule has 28 heavy (non-hydrogen) atoms. The van der Waals surface area contributed by atoms with Crippen molar-refractivity contribution in [1.82, 2.24) is 24.8 Å². The second kappa shape index (κ2) is 8.05. The van der Waals surface area contributed by atoms with Gasteiger partial charge in [-0.2, -0.15) is 0 Å². The first-order chi connectivity index (χ1) is 13.4. The van der Waals surface area contributed by atoms with E-state index in [1.54, 1.807) is 19.3 Å². The first-order valence-corrected chi connectivity index (χ1v) is 8.53. The zero-order valence-electron chi connectivity index (χ0n) is 15.1. The van der Waals surface area contributed by atoms with Gasteiger partial charge in [-0.05, 0) is 12.1 Å². The molecule has 10 heteroatoms. The van der Waals surface area contributed by atoms with Crippen LogP contribution in [0.5, 0.6) is 5.75 Å². The molecule has 0 unspecified atom stereocenters. The molecular formula is C18H17ClN6O3. The van der Waals surface area contributed by atoms with Crippen molar-refractivity contribution in [1.29, 1.82) is 0 Å². The van der Waals surface area contributed by atoms with Crippen LogP contribution < -0.4 is 21.3 Å². The summed E-state index contributed by atoms with van der Waals surface area (Å²) in [6.45, 7) is 0.00858. The quantitative estimate of drug-likeness (QED) is 0.620. The molecule has 9 nitrogen and oxygen atoms in total. The number of nitrogen functional groups attached to an aromatic ring is 1. The maximum Gasteiger partial charge on any atom is 0.255 e. The highest BCUT2D eigenvalue weighted by molar-refractivity contribution is 6.33. The Kier molecular flexibility index (Phi) is 5.55. The number of ether oxygens (including phenoxy) is 1. The molecule has 1 aromatic carbocycles. The second-order valence-corrected chi connectivity index (χ2v) is 6.21. The highest BCUT2D eigenvalue weighted by Crippen LogP contribution is 2.28. The van der Waals surface area contributed by atoms with Crippen LogP contribution >= 0.6 is 11.6 Å². The number of carbonyl (C=O) groups excluding carboxylic acids is 1. The van der Waals surface area contributed by atoms with Crippen molar-refractivity contribution in [3.8, 4) is 17.1 Å². The molecule has 2 aromatic heterocycles. The smallest absolute Gasteiger partial charge is 0.255 e. The van der Waals surface area contributed by atoms with Gasteiger partial charge in [0.1, 0.15) is 17.9 Å². The number of carbonyl (C=O) groups is 1. The lowest BCUT2D eigenvalue weighted by molar-refractivity contribution is 0.0946. The molecule has 2 heterocycles. The van der Waals surface area contributed by atoms with Crippen molar-refractivity contribution in [2.45, 2.75) is 6.54 Å². The van der Waals surface area contributed by atoms with Crippen LogP contribution in [0.2, 0.25) is 5.02 Å². The molecule has 3 aromatic rings. The zero-order valence-corrected chi connectivity index (χ0v) is 15.9. The lowest BCUT2D eigenvalue weighted by Gasteiger charge is -2.13. The van der Waals surface area contributed by atoms with E-state index in [0.717, 1.165) is 0 Å². The maximum absolute atomic E-state index is 12.6. The summed E-state index contributed by atoms with van der Waals surface area (Å²) < 4.78 is 6.54. The molecule has 144 valence electrons. The van der Waals surface area contributed by atoms with E-state index in [9.17, 15) is 9.59 Å². The van der Waals surface area contributed by atoms with Gasteiger partial charge in [0.2, 0.25) is 0 Å². The molecule has 0 atom stereocenters. The molecule has 0 fully saturated rings. The summed E-state index contributed by atoms with van der Waals surface area (Å²) in [4.78, 5) is 37.2. The van der Waals surface area contributed by atoms with E-state index < -0.39 is 5.91 Å². The van der Waals surface area contributed by atoms with Crippen molar-refractivity contribution in [3.63, 3.8) is 0 Å². The van der Waals surface area contributed by atoms with Gasteiger partial charge in [-0.25, -0.2) is 15.0 Å². The van der Waals surface area contributed by atoms with E-state index in [4.69, 9.17) is 22.1 Å². The number of halogens is 1. The fourth-order valence-electron chi connectivity index (χ4n) is 2.49. The summed E-state index contributed by atoms with van der Waals surface area (Å²) in [7, 11) is 3.00. The minimum absolute atomic E-state index is 0.00858. The van der Waals surface area contributed by atoms with Crippen LogP contribution in [0.25, 0.3) is 11.4 Å². The third kappa shape index (κ3) is 3.94. The van der Waals surface area contributed by atoms with E-state index in [2.05, 4.69) is 20.3 Å². The predicted octanol–water partition coefficient (Wildman–Crippen LogP) is 1.41. The van der Waals surface area contributed by atoms with Gasteiger partial charge in [0, 0.05) is 25.4 Å². The fourth-order valence-corrected chi connectivity index (χ4v) is 2.65. The monoisotopic (exact) mass is 400 g/mol. The van der Waals surface area contributed by atoms with Crippen molar-refractivity contribution in [2.24, 2.45) is 7.05 Å². The number of anilines is 1. The Morgan fingerprint density at radius 1 is 1.32 bits per heavy atom. The van der Waals surface area contributed by atoms with Gasteiger partial charge >= 0.3 is 0 Å². The number of hydrogen-bond acceptors (Lipinski definition) is 7. The lowest BCUT2D eigenvalue weighted by Crippen LogP contribution is -2.29. The molecule has 0 saturated carbocycles. The Labute approximate surface area is 165 Å². The van der Waals surface area contributed by atoms with Gasteiger partial charge in [0.05, 0.1) is 41.3 Å². The van der Waals surface area contributed by atoms with Crippen molar-refractivity contribution in [2.75, 3.05) is 12.8 Å². The molecule has 0 radical (unpaired) electrons. The number of amides is 1. The topological polar surface area (TPSA) is 125 Å². The fraction of sp³-hybridized carbons (Fsp3) is 0.167. The number of nitrogens with one attached hydrogen (secondary N) is 1. The SMILES string of the molecule is COc1cc(N)c(Cl)cc1C(=O)NCc1nc(-c2ccncn2)cc(=O)n1C. The Bertz CT molecular complexity index is 1080. The summed E-state index contributed by atoms with van der Waals surface area (Å²) in [6, 6.07) is 5.91. The molecule has 1 amide bonds. The van der Waals surface area contributed by atoms with Gasteiger partial charge in [-0.1, -0.05) is 11.6 Å². The summed E-state index contributed by atoms with van der Waals surface area (Å²) in [5.41, 5.74) is 6.88. The summed E-state index contributed by atoms with van der Waals surface area (Å²) in [5, 5.41) is 2.95. The Morgan fingerprint density at radius 3 is 2.79 bits per heavy atom. The highest BCUT2D eigenvalue weighted by Gasteiger charge is 2.16. The zero-order chi connectivity index (χ0) is 20.3. The van der Waals surface area contributed by atoms with Crippen LogP contribution in [0.4, 0.5) is 5.69 Å². The summed E-state index contributed by atoms with van der Waals surface area (Å²) >= 11 is 6.01. The maximum atomic E-state index is 12.6. The van der Waals surface area contributed by atoms with Crippen LogP contribution in [0, 0.1) is 0 Å². The van der Waals surface area contributed by atoms with Gasteiger partial charge in [-0.15, -0.1) is 0 Å². The minimum atomic E-state index is -0.444. The number of aromatic nitrogens is 4. The predicted molar refractivity (Wildman–Crippen MR) is 104 cm³/mol. The molecule has 0 bridgehead atoms. The average Bonchev–Trinajstić information content (AvgIpc) is 2.71. The average molecular weight is 401 g/mol. The van der Waals surface area contributed by atoms with Crippen LogP contribution in [0.3, 0.4) is 0 Å². The lowest BCUT2D eigenvalue weighted by atomic mass is 10.1. The number of nitrogens with zero attached hydrogens (tertiary/aromatic N) is 4. The van der Waals surface area contributed by atoms with E-state index >= 15 is 0 Å². The third-order valence-corrected chi connectivity index (χ3v) is 4.37. The number of methoxy groups -OCH3 is 1. The summed E-state index contributed by atoms with van der Waals surface area (Å²) in [5.74, 6) is 0.200. The minimum Gasteiger partial charge on any atom is -0.496 e. The van der Waals surface area contributed by atoms with Crippen LogP contribution in [0.1, 0.15) is 16.2 Å². The number of hydrogen-bond donors (Lipinski definition) is 2. The van der Waals surface area contributed by atoms with Crippen LogP contribution in [-0.2, 0) is 13.6 Å². The molecule has 0 aliphatic carbocycles. The van der Waals surface area contributed by atoms with Crippen LogP contribution in [0.15, 0.2) is 41.6 Å². The Morgan fingerprint density at radius 2 is 2.11 bits per heavy atom. The first-order valence-electron chi connectivity index (χ1n) is 8.15. The van der Waals surface area contributed by atoms with Gasteiger partial charge < -0.3 is 15.8 Å². The molecular weight excluding hydrogens is 384 g/mol. The molecule has 3 N–H and O–H groups in total. The van der Waals surface area contributed by atoms with Crippen molar-refractivity contribution in [3.05, 3.63) is 63.6 Å². The highest BCUT2D eigenvalue weighted by atomic mass is 35.5. The third-order valence-electron chi connectivity index (χ3n) is 4.04. The molecule has 0 spiro atoms. The van der Waals surface area contributed by atoms with E-state index in [0.29, 0.717) is 22.9 Å². The number of nitrogens with two attached hydrogens (primary N) is 1. The summed E-state index contributed by atoms with van der Waals surface area (Å²) in [6.07, 6.45) is 2.92. The molecule has 0 saturated heterocycles. The largest absolute Gasteiger partial charge is 0.496 e. The van der Waals surface area contributed by atoms with Gasteiger partial charge in [0.25, 0.3) is 11.5 Å². The standard InChI is InChI=1S/C18H17ClN6O3/c1-25-16(24-14(7-17(25)26)13-3-4-21-9-23-13)8-22-18(27)10-5-11(19)12(20)6-15(10)28-2/h3-7,9H,8,20H2,1-2H3,(H,22,27). The van der Waals surface area contributed by atoms with Crippen molar-refractivity contribution >= 4 is 23.2 Å². The Balaban J connectivity index is 1.87. The Hall–Kier alpha value is -3.46. The van der Waals surface area contributed by atoms with E-state index in [1.807, 2.05) is 0 Å². The normalized spacial score (nSPS) is 10.5. The number of benzene rings is 1. The first kappa shape index (κ1) is 19.3. The molecule has 0 aliphatic rings. The van der Waals surface area contributed by atoms with Crippen LogP contribution in [-0.4, -0.2) is 32.5 Å². The molecule has 0 aliphatic heterocycles. The number of rotatable bonds is 5. The van der Waals surface area contributed by atoms with Crippen molar-refractivity contribution < 1.29 is 9.53 Å². The van der Waals surface area contributed by atoms with Gasteiger partial charge in [0.15, 0.2) is 0 Å². The van der Waals surface area contributed by atoms with Gasteiger partial charge in [-0.3, -0.25) is 14.2 Å². The second-order valence-electron chi connectivity index (χ2n) is 5.81.